The van der Waals surface area contributed by atoms with Crippen LogP contribution in [0.25, 0.3) is 0 Å². The molecule has 98 valence electrons. The second-order valence-electron chi connectivity index (χ2n) is 4.06. The van der Waals surface area contributed by atoms with Crippen LogP contribution >= 0.6 is 22.7 Å². The van der Waals surface area contributed by atoms with Crippen molar-refractivity contribution in [1.29, 1.82) is 0 Å². The topological polar surface area (TPSA) is 63.8 Å². The molecule has 0 saturated heterocycles. The van der Waals surface area contributed by atoms with Gasteiger partial charge in [-0.25, -0.2) is 9.97 Å². The Morgan fingerprint density at radius 3 is 2.72 bits per heavy atom. The zero-order chi connectivity index (χ0) is 12.8. The number of hydrogen-bond acceptors (Lipinski definition) is 6. The molecule has 2 heterocycles. The Morgan fingerprint density at radius 2 is 2.00 bits per heavy atom. The minimum absolute atomic E-state index is 0.670. The van der Waals surface area contributed by atoms with Gasteiger partial charge in [-0.05, 0) is 13.5 Å². The minimum atomic E-state index is 0.670. The average molecular weight is 282 g/mol. The number of nitrogens with zero attached hydrogens (tertiary/aromatic N) is 2. The van der Waals surface area contributed by atoms with E-state index in [1.807, 2.05) is 6.92 Å². The first-order valence-corrected chi connectivity index (χ1v) is 7.79. The lowest BCUT2D eigenvalue weighted by atomic mass is 10.3. The van der Waals surface area contributed by atoms with Crippen LogP contribution in [-0.2, 0) is 19.4 Å². The summed E-state index contributed by atoms with van der Waals surface area (Å²) in [6.45, 7) is 4.47. The van der Waals surface area contributed by atoms with Crippen LogP contribution in [0.15, 0.2) is 10.8 Å². The van der Waals surface area contributed by atoms with E-state index >= 15 is 0 Å². The molecule has 0 unspecified atom stereocenters. The molecule has 0 aromatic carbocycles. The van der Waals surface area contributed by atoms with Crippen LogP contribution in [0.3, 0.4) is 0 Å². The maximum absolute atomic E-state index is 5.50. The van der Waals surface area contributed by atoms with Gasteiger partial charge in [0, 0.05) is 36.7 Å². The van der Waals surface area contributed by atoms with Gasteiger partial charge in [0.2, 0.25) is 0 Å². The number of thiazole rings is 2. The highest BCUT2D eigenvalue weighted by Crippen LogP contribution is 2.10. The molecule has 0 aliphatic rings. The Kier molecular flexibility index (Phi) is 5.25. The summed E-state index contributed by atoms with van der Waals surface area (Å²) in [5.41, 5.74) is 7.79. The van der Waals surface area contributed by atoms with Gasteiger partial charge in [-0.15, -0.1) is 22.7 Å². The predicted molar refractivity (Wildman–Crippen MR) is 77.1 cm³/mol. The van der Waals surface area contributed by atoms with E-state index in [-0.39, 0.29) is 0 Å². The average Bonchev–Trinajstić information content (AvgIpc) is 2.95. The number of aryl methyl sites for hydroxylation is 1. The van der Waals surface area contributed by atoms with Crippen molar-refractivity contribution >= 4 is 22.7 Å². The van der Waals surface area contributed by atoms with Gasteiger partial charge in [0.15, 0.2) is 0 Å². The summed E-state index contributed by atoms with van der Waals surface area (Å²) in [6.07, 6.45) is 1.85. The van der Waals surface area contributed by atoms with Gasteiger partial charge in [-0.2, -0.15) is 0 Å². The largest absolute Gasteiger partial charge is 0.330 e. The van der Waals surface area contributed by atoms with Crippen LogP contribution in [0, 0.1) is 6.92 Å². The lowest BCUT2D eigenvalue weighted by molar-refractivity contribution is 0.670. The maximum Gasteiger partial charge on any atom is 0.0941 e. The van der Waals surface area contributed by atoms with Crippen molar-refractivity contribution < 1.29 is 0 Å². The molecular formula is C12H18N4S2. The van der Waals surface area contributed by atoms with Gasteiger partial charge >= 0.3 is 0 Å². The van der Waals surface area contributed by atoms with E-state index in [4.69, 9.17) is 5.73 Å². The molecule has 0 atom stereocenters. The summed E-state index contributed by atoms with van der Waals surface area (Å²) in [7, 11) is 0. The molecule has 0 radical (unpaired) electrons. The lowest BCUT2D eigenvalue weighted by Crippen LogP contribution is -2.17. The lowest BCUT2D eigenvalue weighted by Gasteiger charge is -2.00. The van der Waals surface area contributed by atoms with Crippen molar-refractivity contribution in [2.24, 2.45) is 5.73 Å². The van der Waals surface area contributed by atoms with E-state index in [9.17, 15) is 0 Å². The molecule has 0 bridgehead atoms. The molecule has 18 heavy (non-hydrogen) atoms. The third-order valence-corrected chi connectivity index (χ3v) is 4.27. The molecule has 2 rings (SSSR count). The maximum atomic E-state index is 5.50. The zero-order valence-corrected chi connectivity index (χ0v) is 12.1. The van der Waals surface area contributed by atoms with Crippen molar-refractivity contribution in [3.8, 4) is 0 Å². The molecule has 0 aliphatic carbocycles. The Balaban J connectivity index is 1.68. The van der Waals surface area contributed by atoms with Crippen molar-refractivity contribution in [1.82, 2.24) is 15.3 Å². The molecule has 2 aromatic heterocycles. The van der Waals surface area contributed by atoms with Gasteiger partial charge in [-0.3, -0.25) is 0 Å². The summed E-state index contributed by atoms with van der Waals surface area (Å²) < 4.78 is 0. The first kappa shape index (κ1) is 13.6. The van der Waals surface area contributed by atoms with Gasteiger partial charge in [0.1, 0.15) is 0 Å². The highest BCUT2D eigenvalue weighted by Gasteiger charge is 2.01. The highest BCUT2D eigenvalue weighted by molar-refractivity contribution is 7.09. The quantitative estimate of drug-likeness (QED) is 0.759. The van der Waals surface area contributed by atoms with E-state index in [0.717, 1.165) is 41.6 Å². The SMILES string of the molecule is Cc1nc(CCNCc2csc(CCN)n2)cs1. The molecule has 0 saturated carbocycles. The van der Waals surface area contributed by atoms with E-state index in [2.05, 4.69) is 26.0 Å². The number of aromatic nitrogens is 2. The summed E-state index contributed by atoms with van der Waals surface area (Å²) >= 11 is 3.40. The Hall–Kier alpha value is -0.820. The van der Waals surface area contributed by atoms with Crippen molar-refractivity contribution in [3.63, 3.8) is 0 Å². The van der Waals surface area contributed by atoms with Crippen molar-refractivity contribution in [2.45, 2.75) is 26.3 Å². The van der Waals surface area contributed by atoms with E-state index in [0.29, 0.717) is 6.54 Å². The third kappa shape index (κ3) is 4.13. The number of nitrogens with one attached hydrogen (secondary N) is 1. The van der Waals surface area contributed by atoms with Crippen LogP contribution in [0.1, 0.15) is 21.4 Å². The fourth-order valence-electron chi connectivity index (χ4n) is 1.62. The molecule has 6 heteroatoms. The van der Waals surface area contributed by atoms with E-state index in [1.54, 1.807) is 22.7 Å². The monoisotopic (exact) mass is 282 g/mol. The summed E-state index contributed by atoms with van der Waals surface area (Å²) in [6, 6.07) is 0. The normalized spacial score (nSPS) is 11.0. The van der Waals surface area contributed by atoms with Crippen LogP contribution in [-0.4, -0.2) is 23.1 Å². The first-order chi connectivity index (χ1) is 8.78. The molecule has 3 N–H and O–H groups in total. The first-order valence-electron chi connectivity index (χ1n) is 6.03. The smallest absolute Gasteiger partial charge is 0.0941 e. The van der Waals surface area contributed by atoms with Crippen LogP contribution in [0.2, 0.25) is 0 Å². The van der Waals surface area contributed by atoms with Crippen LogP contribution in [0.4, 0.5) is 0 Å². The molecule has 0 aliphatic heterocycles. The van der Waals surface area contributed by atoms with Gasteiger partial charge in [0.05, 0.1) is 21.4 Å². The molecule has 0 amide bonds. The number of rotatable bonds is 7. The Labute approximate surface area is 115 Å². The zero-order valence-electron chi connectivity index (χ0n) is 10.5. The Bertz CT molecular complexity index is 478. The second kappa shape index (κ2) is 6.94. The fourth-order valence-corrected chi connectivity index (χ4v) is 3.09. The second-order valence-corrected chi connectivity index (χ2v) is 6.06. The summed E-state index contributed by atoms with van der Waals surface area (Å²) in [5.74, 6) is 0. The summed E-state index contributed by atoms with van der Waals surface area (Å²) in [5, 5.41) is 9.88. The van der Waals surface area contributed by atoms with E-state index in [1.165, 1.54) is 5.69 Å². The van der Waals surface area contributed by atoms with E-state index < -0.39 is 0 Å². The molecule has 4 nitrogen and oxygen atoms in total. The van der Waals surface area contributed by atoms with Gasteiger partial charge in [0.25, 0.3) is 0 Å². The van der Waals surface area contributed by atoms with Gasteiger partial charge in [-0.1, -0.05) is 0 Å². The molecule has 2 aromatic rings. The fraction of sp³-hybridized carbons (Fsp3) is 0.500. The molecule has 0 spiro atoms. The predicted octanol–water partition coefficient (Wildman–Crippen LogP) is 1.74. The van der Waals surface area contributed by atoms with Gasteiger partial charge < -0.3 is 11.1 Å². The molecular weight excluding hydrogens is 264 g/mol. The third-order valence-electron chi connectivity index (χ3n) is 2.49. The van der Waals surface area contributed by atoms with Crippen LogP contribution < -0.4 is 11.1 Å². The minimum Gasteiger partial charge on any atom is -0.330 e. The number of hydrogen-bond donors (Lipinski definition) is 2. The van der Waals surface area contributed by atoms with Crippen LogP contribution in [0.5, 0.6) is 0 Å². The Morgan fingerprint density at radius 1 is 1.17 bits per heavy atom. The highest BCUT2D eigenvalue weighted by atomic mass is 32.1. The molecule has 0 fully saturated rings. The summed E-state index contributed by atoms with van der Waals surface area (Å²) in [4.78, 5) is 8.95. The standard InChI is InChI=1S/C12H18N4S2/c1-9-15-10(7-17-9)3-5-14-6-11-8-18-12(16-11)2-4-13/h7-8,14H,2-6,13H2,1H3. The number of nitrogens with two attached hydrogens (primary N) is 1. The van der Waals surface area contributed by atoms with Crippen molar-refractivity contribution in [3.05, 3.63) is 32.2 Å². The van der Waals surface area contributed by atoms with Crippen molar-refractivity contribution in [2.75, 3.05) is 13.1 Å².